The summed E-state index contributed by atoms with van der Waals surface area (Å²) in [7, 11) is -3.67. The molecule has 1 aromatic carbocycles. The molecule has 3 atom stereocenters. The number of hydroxylamine groups is 1. The third kappa shape index (κ3) is 4.24. The molecule has 140 valence electrons. The molecule has 1 aliphatic rings. The highest BCUT2D eigenvalue weighted by atomic mass is 79.9. The number of hydrogen-bond acceptors (Lipinski definition) is 6. The molecule has 0 amide bonds. The van der Waals surface area contributed by atoms with Crippen LogP contribution in [0.5, 0.6) is 0 Å². The molecule has 2 rings (SSSR count). The third-order valence-corrected chi connectivity index (χ3v) is 7.21. The highest BCUT2D eigenvalue weighted by Crippen LogP contribution is 2.37. The number of esters is 1. The summed E-state index contributed by atoms with van der Waals surface area (Å²) in [5.74, 6) is -0.738. The largest absolute Gasteiger partial charge is 0.465 e. The first-order valence-corrected chi connectivity index (χ1v) is 10.8. The Labute approximate surface area is 157 Å². The molecular formula is C17H24BrNO5S. The van der Waals surface area contributed by atoms with E-state index >= 15 is 0 Å². The lowest BCUT2D eigenvalue weighted by Crippen LogP contribution is -2.47. The molecule has 0 bridgehead atoms. The van der Waals surface area contributed by atoms with Crippen LogP contribution < -0.4 is 5.48 Å². The van der Waals surface area contributed by atoms with Crippen LogP contribution in [0.3, 0.4) is 0 Å². The molecule has 0 aromatic heterocycles. The Morgan fingerprint density at radius 1 is 1.44 bits per heavy atom. The Bertz CT molecular complexity index is 736. The van der Waals surface area contributed by atoms with Gasteiger partial charge < -0.3 is 4.74 Å². The molecule has 1 saturated heterocycles. The van der Waals surface area contributed by atoms with Gasteiger partial charge in [-0.2, -0.15) is 5.48 Å². The van der Waals surface area contributed by atoms with Crippen LogP contribution in [0.4, 0.5) is 0 Å². The second-order valence-corrected chi connectivity index (χ2v) is 10.2. The van der Waals surface area contributed by atoms with Crippen LogP contribution in [0.2, 0.25) is 0 Å². The van der Waals surface area contributed by atoms with Gasteiger partial charge in [0, 0.05) is 17.1 Å². The van der Waals surface area contributed by atoms with Gasteiger partial charge in [0.05, 0.1) is 18.2 Å². The lowest BCUT2D eigenvalue weighted by molar-refractivity contribution is -0.147. The molecule has 25 heavy (non-hydrogen) atoms. The maximum Gasteiger partial charge on any atom is 0.327 e. The van der Waals surface area contributed by atoms with E-state index in [1.165, 1.54) is 6.92 Å². The first-order chi connectivity index (χ1) is 11.5. The lowest BCUT2D eigenvalue weighted by atomic mass is 9.86. The molecule has 0 spiro atoms. The van der Waals surface area contributed by atoms with Gasteiger partial charge in [0.25, 0.3) is 0 Å². The molecule has 0 saturated carbocycles. The fourth-order valence-corrected chi connectivity index (χ4v) is 4.08. The molecule has 0 radical (unpaired) electrons. The van der Waals surface area contributed by atoms with Gasteiger partial charge in [0.2, 0.25) is 0 Å². The van der Waals surface area contributed by atoms with E-state index in [0.29, 0.717) is 6.42 Å². The van der Waals surface area contributed by atoms with E-state index in [1.807, 2.05) is 31.2 Å². The van der Waals surface area contributed by atoms with E-state index in [0.717, 1.165) is 16.3 Å². The lowest BCUT2D eigenvalue weighted by Gasteiger charge is -2.27. The average Bonchev–Trinajstić information content (AvgIpc) is 2.89. The average molecular weight is 434 g/mol. The topological polar surface area (TPSA) is 81.7 Å². The predicted octanol–water partition coefficient (Wildman–Crippen LogP) is 2.71. The molecule has 0 aliphatic carbocycles. The monoisotopic (exact) mass is 433 g/mol. The number of rotatable bonds is 6. The summed E-state index contributed by atoms with van der Waals surface area (Å²) in [4.78, 5) is 17.9. The van der Waals surface area contributed by atoms with Crippen LogP contribution in [0.1, 0.15) is 39.2 Å². The smallest absolute Gasteiger partial charge is 0.327 e. The van der Waals surface area contributed by atoms with Crippen molar-refractivity contribution in [1.82, 2.24) is 5.48 Å². The number of sulfone groups is 1. The van der Waals surface area contributed by atoms with Gasteiger partial charge in [0.1, 0.15) is 0 Å². The quantitative estimate of drug-likeness (QED) is 0.694. The summed E-state index contributed by atoms with van der Waals surface area (Å²) in [5.41, 5.74) is 3.57. The van der Waals surface area contributed by atoms with Gasteiger partial charge in [-0.25, -0.2) is 8.42 Å². The molecule has 1 fully saturated rings. The number of nitrogens with one attached hydrogen (secondary N) is 1. The zero-order valence-corrected chi connectivity index (χ0v) is 17.2. The van der Waals surface area contributed by atoms with Gasteiger partial charge in [-0.15, -0.1) is 0 Å². The Morgan fingerprint density at radius 3 is 2.56 bits per heavy atom. The van der Waals surface area contributed by atoms with Crippen LogP contribution in [-0.4, -0.2) is 38.1 Å². The van der Waals surface area contributed by atoms with Crippen molar-refractivity contribution >= 4 is 31.7 Å². The number of benzene rings is 1. The van der Waals surface area contributed by atoms with Crippen LogP contribution in [0.25, 0.3) is 0 Å². The van der Waals surface area contributed by atoms with E-state index in [1.54, 1.807) is 6.92 Å². The Balaban J connectivity index is 2.20. The second-order valence-electron chi connectivity index (χ2n) is 6.81. The number of halogens is 1. The maximum atomic E-state index is 12.3. The van der Waals surface area contributed by atoms with Gasteiger partial charge in [0.15, 0.2) is 14.6 Å². The highest BCUT2D eigenvalue weighted by Gasteiger charge is 2.50. The van der Waals surface area contributed by atoms with E-state index in [2.05, 4.69) is 21.4 Å². The Kier molecular flexibility index (Phi) is 5.98. The summed E-state index contributed by atoms with van der Waals surface area (Å²) in [5, 5.41) is 0. The molecule has 1 N–H and O–H groups in total. The molecule has 1 aliphatic heterocycles. The van der Waals surface area contributed by atoms with Crippen molar-refractivity contribution < 1.29 is 22.8 Å². The number of ether oxygens (including phenoxy) is 1. The molecule has 1 heterocycles. The van der Waals surface area contributed by atoms with Crippen molar-refractivity contribution in [3.05, 3.63) is 34.3 Å². The number of carbonyl (C=O) groups excluding carboxylic acids is 1. The number of carbonyl (C=O) groups is 1. The standard InChI is InChI=1S/C17H24BrNO5S/c1-5-23-15(20)17(3,25(4,21)22)11-14-10-16(2,19-24-14)12-6-8-13(18)9-7-12/h6-9,14,19H,5,10-11H2,1-4H3/t14-,16?,17-/m1/s1. The van der Waals surface area contributed by atoms with Crippen molar-refractivity contribution in [1.29, 1.82) is 0 Å². The summed E-state index contributed by atoms with van der Waals surface area (Å²) < 4.78 is 28.8. The van der Waals surface area contributed by atoms with E-state index in [9.17, 15) is 13.2 Å². The summed E-state index contributed by atoms with van der Waals surface area (Å²) in [6, 6.07) is 7.83. The van der Waals surface area contributed by atoms with Crippen molar-refractivity contribution in [3.63, 3.8) is 0 Å². The first kappa shape index (κ1) is 20.4. The summed E-state index contributed by atoms with van der Waals surface area (Å²) in [6.45, 7) is 5.17. The van der Waals surface area contributed by atoms with E-state index in [-0.39, 0.29) is 13.0 Å². The van der Waals surface area contributed by atoms with Gasteiger partial charge in [-0.05, 0) is 44.9 Å². The zero-order valence-electron chi connectivity index (χ0n) is 14.8. The first-order valence-electron chi connectivity index (χ1n) is 8.07. The molecular weight excluding hydrogens is 410 g/mol. The minimum Gasteiger partial charge on any atom is -0.465 e. The SMILES string of the molecule is CCOC(=O)[C@@](C)(C[C@H]1CC(C)(c2ccc(Br)cc2)NO1)S(C)(=O)=O. The van der Waals surface area contributed by atoms with Gasteiger partial charge in [-0.1, -0.05) is 28.1 Å². The van der Waals surface area contributed by atoms with Crippen LogP contribution >= 0.6 is 15.9 Å². The minimum absolute atomic E-state index is 0.0315. The molecule has 1 unspecified atom stereocenters. The van der Waals surface area contributed by atoms with Crippen LogP contribution in [-0.2, 0) is 29.7 Å². The van der Waals surface area contributed by atoms with Gasteiger partial charge in [-0.3, -0.25) is 9.63 Å². The fourth-order valence-electron chi connectivity index (χ4n) is 2.96. The van der Waals surface area contributed by atoms with Crippen LogP contribution in [0, 0.1) is 0 Å². The Hall–Kier alpha value is -0.960. The summed E-state index contributed by atoms with van der Waals surface area (Å²) in [6.07, 6.45) is 1.20. The molecule has 1 aromatic rings. The van der Waals surface area contributed by atoms with Gasteiger partial charge >= 0.3 is 5.97 Å². The molecule has 8 heteroatoms. The minimum atomic E-state index is -3.67. The maximum absolute atomic E-state index is 12.3. The fraction of sp³-hybridized carbons (Fsp3) is 0.588. The predicted molar refractivity (Wildman–Crippen MR) is 98.6 cm³/mol. The van der Waals surface area contributed by atoms with E-state index in [4.69, 9.17) is 9.57 Å². The van der Waals surface area contributed by atoms with Crippen molar-refractivity contribution in [2.45, 2.75) is 50.0 Å². The number of hydrogen-bond donors (Lipinski definition) is 1. The molecule has 6 nitrogen and oxygen atoms in total. The normalized spacial score (nSPS) is 26.2. The third-order valence-electron chi connectivity index (χ3n) is 4.71. The zero-order chi connectivity index (χ0) is 18.9. The highest BCUT2D eigenvalue weighted by molar-refractivity contribution is 9.10. The van der Waals surface area contributed by atoms with Crippen LogP contribution in [0.15, 0.2) is 28.7 Å². The van der Waals surface area contributed by atoms with Crippen molar-refractivity contribution in [2.75, 3.05) is 12.9 Å². The second kappa shape index (κ2) is 7.34. The van der Waals surface area contributed by atoms with Crippen molar-refractivity contribution in [3.8, 4) is 0 Å². The van der Waals surface area contributed by atoms with Crippen molar-refractivity contribution in [2.24, 2.45) is 0 Å². The van der Waals surface area contributed by atoms with E-state index < -0.39 is 32.2 Å². The summed E-state index contributed by atoms with van der Waals surface area (Å²) >= 11 is 3.41. The Morgan fingerprint density at radius 2 is 2.04 bits per heavy atom.